The van der Waals surface area contributed by atoms with Crippen LogP contribution in [0.2, 0.25) is 0 Å². The monoisotopic (exact) mass is 391 g/mol. The fraction of sp³-hybridized carbons (Fsp3) is 0.611. The standard InChI is InChI=1S/C18H25N5O3S/c1-27(25,26)13-17(24)22-10-4-5-14(11-22)18-19-16-7-6-15(12-23(16)20-18)21-8-2-3-9-21/h6-7,12,14H,2-5,8-11,13H2,1H3/t14-/m0/s1. The first kappa shape index (κ1) is 18.2. The van der Waals surface area contributed by atoms with Crippen molar-refractivity contribution in [3.05, 3.63) is 24.2 Å². The van der Waals surface area contributed by atoms with Crippen molar-refractivity contribution in [2.75, 3.05) is 43.1 Å². The summed E-state index contributed by atoms with van der Waals surface area (Å²) < 4.78 is 24.6. The van der Waals surface area contributed by atoms with Crippen molar-refractivity contribution >= 4 is 27.1 Å². The molecule has 2 aliphatic rings. The number of carbonyl (C=O) groups excluding carboxylic acids is 1. The summed E-state index contributed by atoms with van der Waals surface area (Å²) in [4.78, 5) is 20.9. The number of hydrogen-bond donors (Lipinski definition) is 0. The minimum Gasteiger partial charge on any atom is -0.370 e. The second-order valence-corrected chi connectivity index (χ2v) is 9.74. The van der Waals surface area contributed by atoms with Gasteiger partial charge in [-0.1, -0.05) is 0 Å². The molecule has 0 unspecified atom stereocenters. The highest BCUT2D eigenvalue weighted by atomic mass is 32.2. The number of aromatic nitrogens is 3. The van der Waals surface area contributed by atoms with Crippen LogP contribution in [-0.4, -0.2) is 72.0 Å². The van der Waals surface area contributed by atoms with Crippen LogP contribution in [0.3, 0.4) is 0 Å². The second-order valence-electron chi connectivity index (χ2n) is 7.60. The fourth-order valence-electron chi connectivity index (χ4n) is 3.95. The van der Waals surface area contributed by atoms with Crippen molar-refractivity contribution in [2.45, 2.75) is 31.6 Å². The highest BCUT2D eigenvalue weighted by molar-refractivity contribution is 7.91. The number of carbonyl (C=O) groups is 1. The van der Waals surface area contributed by atoms with Crippen LogP contribution in [0.5, 0.6) is 0 Å². The molecule has 2 aromatic rings. The Kier molecular flexibility index (Phi) is 4.79. The van der Waals surface area contributed by atoms with Gasteiger partial charge in [0.05, 0.1) is 11.9 Å². The van der Waals surface area contributed by atoms with Gasteiger partial charge in [-0.15, -0.1) is 0 Å². The van der Waals surface area contributed by atoms with E-state index < -0.39 is 15.6 Å². The van der Waals surface area contributed by atoms with E-state index in [1.807, 2.05) is 16.8 Å². The molecule has 2 fully saturated rings. The molecule has 0 saturated carbocycles. The van der Waals surface area contributed by atoms with Crippen molar-refractivity contribution in [1.29, 1.82) is 0 Å². The predicted molar refractivity (Wildman–Crippen MR) is 103 cm³/mol. The Labute approximate surface area is 159 Å². The lowest BCUT2D eigenvalue weighted by atomic mass is 9.97. The number of likely N-dealkylation sites (tertiary alicyclic amines) is 1. The first-order valence-electron chi connectivity index (χ1n) is 9.46. The van der Waals surface area contributed by atoms with Gasteiger partial charge < -0.3 is 9.80 Å². The van der Waals surface area contributed by atoms with E-state index in [2.05, 4.69) is 21.0 Å². The predicted octanol–water partition coefficient (Wildman–Crippen LogP) is 1.08. The SMILES string of the molecule is CS(=O)(=O)CC(=O)N1CCC[C@H](c2nc3ccc(N4CCCC4)cn3n2)C1. The summed E-state index contributed by atoms with van der Waals surface area (Å²) in [6.07, 6.45) is 7.29. The van der Waals surface area contributed by atoms with Gasteiger partial charge in [-0.25, -0.2) is 17.9 Å². The maximum atomic E-state index is 12.2. The van der Waals surface area contributed by atoms with Gasteiger partial charge in [-0.3, -0.25) is 4.79 Å². The van der Waals surface area contributed by atoms with Crippen LogP contribution in [0.15, 0.2) is 18.3 Å². The molecule has 2 aliphatic heterocycles. The van der Waals surface area contributed by atoms with Crippen LogP contribution in [0.4, 0.5) is 5.69 Å². The number of amides is 1. The molecule has 8 nitrogen and oxygen atoms in total. The van der Waals surface area contributed by atoms with E-state index in [1.54, 1.807) is 4.90 Å². The third kappa shape index (κ3) is 4.07. The van der Waals surface area contributed by atoms with E-state index >= 15 is 0 Å². The summed E-state index contributed by atoms with van der Waals surface area (Å²) in [6.45, 7) is 3.22. The van der Waals surface area contributed by atoms with Crippen molar-refractivity contribution in [1.82, 2.24) is 19.5 Å². The van der Waals surface area contributed by atoms with E-state index in [4.69, 9.17) is 0 Å². The largest absolute Gasteiger partial charge is 0.370 e. The van der Waals surface area contributed by atoms with Gasteiger partial charge in [-0.2, -0.15) is 5.10 Å². The van der Waals surface area contributed by atoms with Crippen molar-refractivity contribution in [2.24, 2.45) is 0 Å². The molecule has 1 atom stereocenters. The average molecular weight is 391 g/mol. The van der Waals surface area contributed by atoms with Crippen LogP contribution >= 0.6 is 0 Å². The number of anilines is 1. The van der Waals surface area contributed by atoms with Crippen LogP contribution in [-0.2, 0) is 14.6 Å². The van der Waals surface area contributed by atoms with Crippen LogP contribution in [0.25, 0.3) is 5.65 Å². The van der Waals surface area contributed by atoms with Gasteiger partial charge >= 0.3 is 0 Å². The van der Waals surface area contributed by atoms with E-state index in [-0.39, 0.29) is 11.8 Å². The number of fused-ring (bicyclic) bond motifs is 1. The summed E-state index contributed by atoms with van der Waals surface area (Å²) in [6, 6.07) is 4.07. The number of sulfone groups is 1. The van der Waals surface area contributed by atoms with E-state index in [0.717, 1.165) is 49.3 Å². The number of hydrogen-bond acceptors (Lipinski definition) is 6. The van der Waals surface area contributed by atoms with Gasteiger partial charge in [0, 0.05) is 38.4 Å². The smallest absolute Gasteiger partial charge is 0.237 e. The number of rotatable bonds is 4. The molecule has 1 amide bonds. The highest BCUT2D eigenvalue weighted by Gasteiger charge is 2.29. The Morgan fingerprint density at radius 2 is 1.96 bits per heavy atom. The summed E-state index contributed by atoms with van der Waals surface area (Å²) in [5.41, 5.74) is 1.96. The van der Waals surface area contributed by atoms with Crippen molar-refractivity contribution in [3.63, 3.8) is 0 Å². The zero-order valence-corrected chi connectivity index (χ0v) is 16.4. The maximum absolute atomic E-state index is 12.2. The molecule has 4 rings (SSSR count). The van der Waals surface area contributed by atoms with Gasteiger partial charge in [0.25, 0.3) is 0 Å². The van der Waals surface area contributed by atoms with Gasteiger partial charge in [0.15, 0.2) is 21.3 Å². The second kappa shape index (κ2) is 7.10. The highest BCUT2D eigenvalue weighted by Crippen LogP contribution is 2.26. The molecule has 0 aliphatic carbocycles. The van der Waals surface area contributed by atoms with Gasteiger partial charge in [-0.05, 0) is 37.8 Å². The van der Waals surface area contributed by atoms with E-state index in [0.29, 0.717) is 13.1 Å². The summed E-state index contributed by atoms with van der Waals surface area (Å²) >= 11 is 0. The first-order valence-corrected chi connectivity index (χ1v) is 11.5. The molecule has 9 heteroatoms. The zero-order chi connectivity index (χ0) is 19.0. The fourth-order valence-corrected chi connectivity index (χ4v) is 4.59. The summed E-state index contributed by atoms with van der Waals surface area (Å²) in [5.74, 6) is 0.00226. The van der Waals surface area contributed by atoms with Crippen molar-refractivity contribution in [3.8, 4) is 0 Å². The molecule has 0 spiro atoms. The van der Waals surface area contributed by atoms with Crippen LogP contribution < -0.4 is 4.90 Å². The van der Waals surface area contributed by atoms with Crippen LogP contribution in [0, 0.1) is 0 Å². The van der Waals surface area contributed by atoms with E-state index in [1.165, 1.54) is 12.8 Å². The minimum atomic E-state index is -3.32. The normalized spacial score (nSPS) is 21.1. The first-order chi connectivity index (χ1) is 12.9. The molecule has 2 aromatic heterocycles. The lowest BCUT2D eigenvalue weighted by Gasteiger charge is -2.31. The van der Waals surface area contributed by atoms with E-state index in [9.17, 15) is 13.2 Å². The molecule has 0 bridgehead atoms. The minimum absolute atomic E-state index is 0.0393. The Bertz CT molecular complexity index is 949. The molecule has 27 heavy (non-hydrogen) atoms. The Hall–Kier alpha value is -2.16. The molecule has 146 valence electrons. The Morgan fingerprint density at radius 1 is 1.19 bits per heavy atom. The molecule has 0 radical (unpaired) electrons. The quantitative estimate of drug-likeness (QED) is 0.775. The summed E-state index contributed by atoms with van der Waals surface area (Å²) in [5, 5.41) is 4.66. The molecular formula is C18H25N5O3S. The zero-order valence-electron chi connectivity index (χ0n) is 15.5. The average Bonchev–Trinajstić information content (AvgIpc) is 3.29. The number of piperidine rings is 1. The van der Waals surface area contributed by atoms with Gasteiger partial charge in [0.1, 0.15) is 5.75 Å². The number of pyridine rings is 1. The molecule has 0 aromatic carbocycles. The van der Waals surface area contributed by atoms with Crippen molar-refractivity contribution < 1.29 is 13.2 Å². The summed E-state index contributed by atoms with van der Waals surface area (Å²) in [7, 11) is -3.32. The molecule has 2 saturated heterocycles. The lowest BCUT2D eigenvalue weighted by molar-refractivity contribution is -0.129. The Balaban J connectivity index is 1.52. The maximum Gasteiger partial charge on any atom is 0.237 e. The number of nitrogens with zero attached hydrogens (tertiary/aromatic N) is 5. The Morgan fingerprint density at radius 3 is 2.70 bits per heavy atom. The topological polar surface area (TPSA) is 87.9 Å². The molecular weight excluding hydrogens is 366 g/mol. The van der Waals surface area contributed by atoms with Gasteiger partial charge in [0.2, 0.25) is 5.91 Å². The molecule has 4 heterocycles. The lowest BCUT2D eigenvalue weighted by Crippen LogP contribution is -2.42. The third-order valence-corrected chi connectivity index (χ3v) is 6.10. The third-order valence-electron chi connectivity index (χ3n) is 5.33. The van der Waals surface area contributed by atoms with Crippen LogP contribution in [0.1, 0.15) is 37.4 Å². The molecule has 0 N–H and O–H groups in total.